The van der Waals surface area contributed by atoms with Gasteiger partial charge in [0.25, 0.3) is 5.91 Å². The molecule has 1 amide bonds. The van der Waals surface area contributed by atoms with E-state index in [0.29, 0.717) is 11.5 Å². The number of hydrogen-bond acceptors (Lipinski definition) is 6. The molecule has 0 spiro atoms. The first kappa shape index (κ1) is 22.3. The molecular formula is C24H21FN4O3S. The number of carbonyl (C=O) groups excluding carboxylic acids is 2. The minimum absolute atomic E-state index is 0.0385. The maximum absolute atomic E-state index is 13.9. The van der Waals surface area contributed by atoms with E-state index in [-0.39, 0.29) is 25.3 Å². The fourth-order valence-corrected chi connectivity index (χ4v) is 3.98. The van der Waals surface area contributed by atoms with Gasteiger partial charge in [-0.1, -0.05) is 42.5 Å². The summed E-state index contributed by atoms with van der Waals surface area (Å²) in [5, 5.41) is 6.31. The standard InChI is InChI=1S/C24H21FN4O3S/c1-32-21(30)12-13-28(16-17-7-3-2-4-8-17)24(31)22-26-23(20-11-6-14-33-20)29(27-22)19-10-5-9-18(25)15-19/h2-11,14-15H,12-13,16H2,1H3. The van der Waals surface area contributed by atoms with Gasteiger partial charge in [0, 0.05) is 13.1 Å². The van der Waals surface area contributed by atoms with Gasteiger partial charge in [-0.05, 0) is 35.2 Å². The third-order valence-electron chi connectivity index (χ3n) is 4.91. The van der Waals surface area contributed by atoms with Gasteiger partial charge in [-0.15, -0.1) is 16.4 Å². The lowest BCUT2D eigenvalue weighted by Gasteiger charge is -2.21. The summed E-state index contributed by atoms with van der Waals surface area (Å²) in [6.07, 6.45) is 0.0391. The molecule has 0 saturated carbocycles. The van der Waals surface area contributed by atoms with E-state index in [0.717, 1.165) is 10.4 Å². The molecule has 7 nitrogen and oxygen atoms in total. The Labute approximate surface area is 194 Å². The highest BCUT2D eigenvalue weighted by Crippen LogP contribution is 2.26. The van der Waals surface area contributed by atoms with Crippen molar-refractivity contribution in [3.63, 3.8) is 0 Å². The van der Waals surface area contributed by atoms with E-state index in [1.807, 2.05) is 47.8 Å². The third kappa shape index (κ3) is 5.32. The Morgan fingerprint density at radius 1 is 1.09 bits per heavy atom. The SMILES string of the molecule is COC(=O)CCN(Cc1ccccc1)C(=O)c1nc(-c2cccs2)n(-c2cccc(F)c2)n1. The minimum Gasteiger partial charge on any atom is -0.469 e. The second-order valence-corrected chi connectivity index (χ2v) is 8.11. The van der Waals surface area contributed by atoms with Crippen LogP contribution in [0, 0.1) is 5.82 Å². The summed E-state index contributed by atoms with van der Waals surface area (Å²) < 4.78 is 20.1. The number of nitrogens with zero attached hydrogens (tertiary/aromatic N) is 4. The lowest BCUT2D eigenvalue weighted by atomic mass is 10.2. The highest BCUT2D eigenvalue weighted by Gasteiger charge is 2.25. The third-order valence-corrected chi connectivity index (χ3v) is 5.78. The summed E-state index contributed by atoms with van der Waals surface area (Å²) in [6, 6.07) is 19.1. The molecule has 0 radical (unpaired) electrons. The van der Waals surface area contributed by atoms with Crippen molar-refractivity contribution >= 4 is 23.2 Å². The molecule has 4 aromatic rings. The Hall–Kier alpha value is -3.85. The Balaban J connectivity index is 1.70. The van der Waals surface area contributed by atoms with Gasteiger partial charge >= 0.3 is 5.97 Å². The van der Waals surface area contributed by atoms with Crippen molar-refractivity contribution in [1.29, 1.82) is 0 Å². The van der Waals surface area contributed by atoms with Crippen LogP contribution in [0.3, 0.4) is 0 Å². The summed E-state index contributed by atoms with van der Waals surface area (Å²) in [7, 11) is 1.31. The van der Waals surface area contributed by atoms with Crippen LogP contribution in [0.5, 0.6) is 0 Å². The lowest BCUT2D eigenvalue weighted by molar-refractivity contribution is -0.140. The molecule has 2 aromatic carbocycles. The fraction of sp³-hybridized carbons (Fsp3) is 0.167. The van der Waals surface area contributed by atoms with Crippen LogP contribution in [0.2, 0.25) is 0 Å². The monoisotopic (exact) mass is 464 g/mol. The van der Waals surface area contributed by atoms with E-state index >= 15 is 0 Å². The summed E-state index contributed by atoms with van der Waals surface area (Å²) in [4.78, 5) is 32.0. The van der Waals surface area contributed by atoms with Crippen molar-refractivity contribution in [2.24, 2.45) is 0 Å². The molecule has 168 valence electrons. The fourth-order valence-electron chi connectivity index (χ4n) is 3.28. The highest BCUT2D eigenvalue weighted by atomic mass is 32.1. The Kier molecular flexibility index (Phi) is 6.89. The largest absolute Gasteiger partial charge is 0.469 e. The number of esters is 1. The second-order valence-electron chi connectivity index (χ2n) is 7.17. The van der Waals surface area contributed by atoms with E-state index in [9.17, 15) is 14.0 Å². The van der Waals surface area contributed by atoms with E-state index in [1.54, 1.807) is 12.1 Å². The van der Waals surface area contributed by atoms with Gasteiger partial charge in [-0.2, -0.15) is 0 Å². The van der Waals surface area contributed by atoms with Crippen molar-refractivity contribution in [2.75, 3.05) is 13.7 Å². The molecule has 2 aromatic heterocycles. The van der Waals surface area contributed by atoms with Crippen LogP contribution < -0.4 is 0 Å². The molecule has 0 atom stereocenters. The number of amides is 1. The summed E-state index contributed by atoms with van der Waals surface area (Å²) in [5.74, 6) is -0.874. The first-order chi connectivity index (χ1) is 16.0. The first-order valence-electron chi connectivity index (χ1n) is 10.2. The second kappa shape index (κ2) is 10.2. The Bertz CT molecular complexity index is 1240. The van der Waals surface area contributed by atoms with Crippen molar-refractivity contribution in [2.45, 2.75) is 13.0 Å². The number of methoxy groups -OCH3 is 1. The van der Waals surface area contributed by atoms with E-state index in [1.165, 1.54) is 40.2 Å². The highest BCUT2D eigenvalue weighted by molar-refractivity contribution is 7.13. The van der Waals surface area contributed by atoms with Crippen LogP contribution >= 0.6 is 11.3 Å². The van der Waals surface area contributed by atoms with Crippen LogP contribution in [0.4, 0.5) is 4.39 Å². The van der Waals surface area contributed by atoms with E-state index in [2.05, 4.69) is 10.1 Å². The molecule has 0 unspecified atom stereocenters. The molecule has 0 aliphatic heterocycles. The first-order valence-corrected chi connectivity index (χ1v) is 11.1. The van der Waals surface area contributed by atoms with Crippen LogP contribution in [0.1, 0.15) is 22.6 Å². The van der Waals surface area contributed by atoms with Crippen molar-refractivity contribution in [3.8, 4) is 16.4 Å². The molecule has 33 heavy (non-hydrogen) atoms. The van der Waals surface area contributed by atoms with Gasteiger partial charge in [0.15, 0.2) is 5.82 Å². The molecular weight excluding hydrogens is 443 g/mol. The van der Waals surface area contributed by atoms with Crippen molar-refractivity contribution < 1.29 is 18.7 Å². The molecule has 4 rings (SSSR count). The predicted octanol–water partition coefficient (Wildman–Crippen LogP) is 4.34. The zero-order chi connectivity index (χ0) is 23.2. The molecule has 2 heterocycles. The zero-order valence-electron chi connectivity index (χ0n) is 17.8. The van der Waals surface area contributed by atoms with E-state index < -0.39 is 17.7 Å². The molecule has 0 saturated heterocycles. The van der Waals surface area contributed by atoms with Gasteiger partial charge in [-0.3, -0.25) is 9.59 Å². The van der Waals surface area contributed by atoms with Crippen molar-refractivity contribution in [3.05, 3.63) is 89.3 Å². The van der Waals surface area contributed by atoms with Gasteiger partial charge in [0.2, 0.25) is 5.82 Å². The summed E-state index contributed by atoms with van der Waals surface area (Å²) in [6.45, 7) is 0.419. The van der Waals surface area contributed by atoms with E-state index in [4.69, 9.17) is 4.74 Å². The minimum atomic E-state index is -0.435. The number of rotatable bonds is 8. The van der Waals surface area contributed by atoms with Gasteiger partial charge in [-0.25, -0.2) is 14.1 Å². The number of thiophene rings is 1. The number of carbonyl (C=O) groups is 2. The maximum atomic E-state index is 13.9. The molecule has 0 aliphatic carbocycles. The number of hydrogen-bond donors (Lipinski definition) is 0. The van der Waals surface area contributed by atoms with Crippen LogP contribution in [-0.4, -0.2) is 45.2 Å². The molecule has 0 fully saturated rings. The van der Waals surface area contributed by atoms with Gasteiger partial charge < -0.3 is 9.64 Å². The topological polar surface area (TPSA) is 77.3 Å². The van der Waals surface area contributed by atoms with Gasteiger partial charge in [0.1, 0.15) is 5.82 Å². The quantitative estimate of drug-likeness (QED) is 0.363. The smallest absolute Gasteiger partial charge is 0.307 e. The zero-order valence-corrected chi connectivity index (χ0v) is 18.7. The molecule has 9 heteroatoms. The predicted molar refractivity (Wildman–Crippen MR) is 122 cm³/mol. The number of ether oxygens (including phenoxy) is 1. The number of benzene rings is 2. The molecule has 0 N–H and O–H groups in total. The Morgan fingerprint density at radius 3 is 2.61 bits per heavy atom. The maximum Gasteiger partial charge on any atom is 0.307 e. The van der Waals surface area contributed by atoms with Crippen LogP contribution in [0.15, 0.2) is 72.1 Å². The Morgan fingerprint density at radius 2 is 1.91 bits per heavy atom. The van der Waals surface area contributed by atoms with Gasteiger partial charge in [0.05, 0.1) is 24.1 Å². The molecule has 0 aliphatic rings. The average Bonchev–Trinajstić information content (AvgIpc) is 3.52. The lowest BCUT2D eigenvalue weighted by Crippen LogP contribution is -2.33. The summed E-state index contributed by atoms with van der Waals surface area (Å²) in [5.41, 5.74) is 1.35. The van der Waals surface area contributed by atoms with Crippen molar-refractivity contribution in [1.82, 2.24) is 19.7 Å². The normalized spacial score (nSPS) is 10.7. The van der Waals surface area contributed by atoms with Crippen LogP contribution in [-0.2, 0) is 16.1 Å². The summed E-state index contributed by atoms with van der Waals surface area (Å²) >= 11 is 1.44. The molecule has 0 bridgehead atoms. The van der Waals surface area contributed by atoms with Crippen LogP contribution in [0.25, 0.3) is 16.4 Å². The number of halogens is 1. The number of aromatic nitrogens is 3. The average molecular weight is 465 g/mol.